The van der Waals surface area contributed by atoms with Gasteiger partial charge in [0, 0.05) is 19.2 Å². The van der Waals surface area contributed by atoms with Crippen LogP contribution in [0.3, 0.4) is 0 Å². The number of nitro groups is 1. The molecule has 94 valence electrons. The van der Waals surface area contributed by atoms with Crippen LogP contribution in [0.15, 0.2) is 18.2 Å². The fourth-order valence-electron chi connectivity index (χ4n) is 1.63. The minimum absolute atomic E-state index is 0.0983. The molecule has 1 aromatic rings. The lowest BCUT2D eigenvalue weighted by Crippen LogP contribution is -2.14. The fourth-order valence-corrected chi connectivity index (χ4v) is 1.63. The second-order valence-electron chi connectivity index (χ2n) is 4.22. The highest BCUT2D eigenvalue weighted by atomic mass is 16.6. The number of benzene rings is 1. The molecular formula is C12H18N2O3. The average Bonchev–Trinajstić information content (AvgIpc) is 2.27. The van der Waals surface area contributed by atoms with Crippen molar-refractivity contribution in [1.82, 2.24) is 0 Å². The van der Waals surface area contributed by atoms with E-state index in [1.54, 1.807) is 6.07 Å². The molecule has 1 aromatic carbocycles. The van der Waals surface area contributed by atoms with Gasteiger partial charge in [-0.15, -0.1) is 0 Å². The number of rotatable bonds is 6. The number of para-hydroxylation sites is 1. The molecule has 0 radical (unpaired) electrons. The SMILES string of the molecule is Cc1cccc([N+](=O)[O-])c1NCC(C)CCO. The van der Waals surface area contributed by atoms with Crippen molar-refractivity contribution in [3.05, 3.63) is 33.9 Å². The Bertz CT molecular complexity index is 393. The number of nitro benzene ring substituents is 1. The largest absolute Gasteiger partial charge is 0.396 e. The number of aliphatic hydroxyl groups is 1. The molecule has 0 bridgehead atoms. The topological polar surface area (TPSA) is 75.4 Å². The maximum atomic E-state index is 10.9. The summed E-state index contributed by atoms with van der Waals surface area (Å²) in [5.74, 6) is 0.277. The maximum Gasteiger partial charge on any atom is 0.292 e. The minimum atomic E-state index is -0.383. The Hall–Kier alpha value is -1.62. The first kappa shape index (κ1) is 13.4. The molecule has 1 unspecified atom stereocenters. The predicted molar refractivity (Wildman–Crippen MR) is 67.2 cm³/mol. The van der Waals surface area contributed by atoms with E-state index in [4.69, 9.17) is 5.11 Å². The van der Waals surface area contributed by atoms with Crippen molar-refractivity contribution >= 4 is 11.4 Å². The first-order chi connectivity index (χ1) is 8.06. The third-order valence-corrected chi connectivity index (χ3v) is 2.70. The van der Waals surface area contributed by atoms with Gasteiger partial charge in [0.25, 0.3) is 5.69 Å². The number of hydrogen-bond donors (Lipinski definition) is 2. The van der Waals surface area contributed by atoms with Gasteiger partial charge in [-0.25, -0.2) is 0 Å². The zero-order valence-electron chi connectivity index (χ0n) is 10.1. The van der Waals surface area contributed by atoms with Gasteiger partial charge in [0.2, 0.25) is 0 Å². The molecule has 0 saturated carbocycles. The summed E-state index contributed by atoms with van der Waals surface area (Å²) in [5, 5.41) is 22.8. The number of anilines is 1. The van der Waals surface area contributed by atoms with Gasteiger partial charge in [0.1, 0.15) is 5.69 Å². The van der Waals surface area contributed by atoms with Crippen molar-refractivity contribution in [2.75, 3.05) is 18.5 Å². The standard InChI is InChI=1S/C12H18N2O3/c1-9(6-7-15)8-13-12-10(2)4-3-5-11(12)14(16)17/h3-5,9,13,15H,6-8H2,1-2H3. The summed E-state index contributed by atoms with van der Waals surface area (Å²) in [7, 11) is 0. The van der Waals surface area contributed by atoms with Crippen molar-refractivity contribution < 1.29 is 10.0 Å². The van der Waals surface area contributed by atoms with Crippen LogP contribution in [0.2, 0.25) is 0 Å². The van der Waals surface area contributed by atoms with E-state index < -0.39 is 0 Å². The highest BCUT2D eigenvalue weighted by molar-refractivity contribution is 5.65. The van der Waals surface area contributed by atoms with E-state index in [1.807, 2.05) is 19.9 Å². The number of nitrogens with one attached hydrogen (secondary N) is 1. The Morgan fingerprint density at radius 1 is 1.53 bits per heavy atom. The summed E-state index contributed by atoms with van der Waals surface area (Å²) in [6, 6.07) is 5.01. The number of aryl methyl sites for hydroxylation is 1. The molecule has 0 saturated heterocycles. The number of hydrogen-bond acceptors (Lipinski definition) is 4. The average molecular weight is 238 g/mol. The molecule has 0 aliphatic heterocycles. The summed E-state index contributed by atoms with van der Waals surface area (Å²) in [4.78, 5) is 10.5. The number of nitrogens with zero attached hydrogens (tertiary/aromatic N) is 1. The van der Waals surface area contributed by atoms with Crippen LogP contribution in [-0.2, 0) is 0 Å². The maximum absolute atomic E-state index is 10.9. The van der Waals surface area contributed by atoms with Gasteiger partial charge in [-0.3, -0.25) is 10.1 Å². The molecule has 5 nitrogen and oxygen atoms in total. The van der Waals surface area contributed by atoms with Gasteiger partial charge < -0.3 is 10.4 Å². The Labute approximate surface area is 101 Å². The van der Waals surface area contributed by atoms with Crippen LogP contribution in [0.4, 0.5) is 11.4 Å². The number of aliphatic hydroxyl groups excluding tert-OH is 1. The summed E-state index contributed by atoms with van der Waals surface area (Å²) in [6.45, 7) is 4.59. The fraction of sp³-hybridized carbons (Fsp3) is 0.500. The summed E-state index contributed by atoms with van der Waals surface area (Å²) in [5.41, 5.74) is 1.53. The highest BCUT2D eigenvalue weighted by Gasteiger charge is 2.15. The molecule has 1 atom stereocenters. The van der Waals surface area contributed by atoms with Crippen LogP contribution in [0.25, 0.3) is 0 Å². The van der Waals surface area contributed by atoms with Gasteiger partial charge >= 0.3 is 0 Å². The van der Waals surface area contributed by atoms with Gasteiger partial charge in [0.15, 0.2) is 0 Å². The smallest absolute Gasteiger partial charge is 0.292 e. The van der Waals surface area contributed by atoms with Crippen molar-refractivity contribution in [2.24, 2.45) is 5.92 Å². The van der Waals surface area contributed by atoms with E-state index in [0.29, 0.717) is 18.7 Å². The molecule has 0 heterocycles. The van der Waals surface area contributed by atoms with Crippen LogP contribution in [-0.4, -0.2) is 23.2 Å². The molecule has 2 N–H and O–H groups in total. The normalized spacial score (nSPS) is 12.2. The molecular weight excluding hydrogens is 220 g/mol. The van der Waals surface area contributed by atoms with Crippen LogP contribution in [0.1, 0.15) is 18.9 Å². The van der Waals surface area contributed by atoms with Gasteiger partial charge in [0.05, 0.1) is 4.92 Å². The molecule has 0 fully saturated rings. The Kier molecular flexibility index (Phi) is 4.90. The van der Waals surface area contributed by atoms with E-state index in [0.717, 1.165) is 5.56 Å². The van der Waals surface area contributed by atoms with E-state index in [1.165, 1.54) is 6.07 Å². The molecule has 0 aliphatic rings. The van der Waals surface area contributed by atoms with Gasteiger partial charge in [-0.05, 0) is 24.8 Å². The third-order valence-electron chi connectivity index (χ3n) is 2.70. The Morgan fingerprint density at radius 3 is 2.82 bits per heavy atom. The van der Waals surface area contributed by atoms with Crippen LogP contribution in [0, 0.1) is 23.0 Å². The van der Waals surface area contributed by atoms with E-state index >= 15 is 0 Å². The molecule has 0 amide bonds. The first-order valence-corrected chi connectivity index (χ1v) is 5.65. The monoisotopic (exact) mass is 238 g/mol. The third kappa shape index (κ3) is 3.71. The molecule has 5 heteroatoms. The van der Waals surface area contributed by atoms with E-state index in [2.05, 4.69) is 5.32 Å². The Balaban J connectivity index is 2.79. The lowest BCUT2D eigenvalue weighted by Gasteiger charge is -2.14. The minimum Gasteiger partial charge on any atom is -0.396 e. The van der Waals surface area contributed by atoms with Crippen LogP contribution in [0.5, 0.6) is 0 Å². The Morgan fingerprint density at radius 2 is 2.24 bits per heavy atom. The van der Waals surface area contributed by atoms with Crippen molar-refractivity contribution in [2.45, 2.75) is 20.3 Å². The van der Waals surface area contributed by atoms with Crippen molar-refractivity contribution in [1.29, 1.82) is 0 Å². The second kappa shape index (κ2) is 6.20. The van der Waals surface area contributed by atoms with Crippen LogP contribution < -0.4 is 5.32 Å². The summed E-state index contributed by atoms with van der Waals surface area (Å²) < 4.78 is 0. The van der Waals surface area contributed by atoms with E-state index in [-0.39, 0.29) is 23.1 Å². The zero-order chi connectivity index (χ0) is 12.8. The molecule has 1 rings (SSSR count). The van der Waals surface area contributed by atoms with Crippen LogP contribution >= 0.6 is 0 Å². The first-order valence-electron chi connectivity index (χ1n) is 5.65. The summed E-state index contributed by atoms with van der Waals surface area (Å²) in [6.07, 6.45) is 0.687. The van der Waals surface area contributed by atoms with Crippen molar-refractivity contribution in [3.8, 4) is 0 Å². The van der Waals surface area contributed by atoms with Gasteiger partial charge in [-0.2, -0.15) is 0 Å². The lowest BCUT2D eigenvalue weighted by molar-refractivity contribution is -0.384. The van der Waals surface area contributed by atoms with Gasteiger partial charge in [-0.1, -0.05) is 19.1 Å². The molecule has 0 spiro atoms. The molecule has 17 heavy (non-hydrogen) atoms. The van der Waals surface area contributed by atoms with Crippen molar-refractivity contribution in [3.63, 3.8) is 0 Å². The summed E-state index contributed by atoms with van der Waals surface area (Å²) >= 11 is 0. The zero-order valence-corrected chi connectivity index (χ0v) is 10.1. The molecule has 0 aromatic heterocycles. The molecule has 0 aliphatic carbocycles. The van der Waals surface area contributed by atoms with E-state index in [9.17, 15) is 10.1 Å². The lowest BCUT2D eigenvalue weighted by atomic mass is 10.1. The highest BCUT2D eigenvalue weighted by Crippen LogP contribution is 2.27. The predicted octanol–water partition coefficient (Wildman–Crippen LogP) is 2.33. The second-order valence-corrected chi connectivity index (χ2v) is 4.22. The quantitative estimate of drug-likeness (QED) is 0.589.